The molecule has 0 N–H and O–H groups in total. The van der Waals surface area contributed by atoms with Gasteiger partial charge in [-0.05, 0) is 43.2 Å². The highest BCUT2D eigenvalue weighted by Crippen LogP contribution is 2.37. The molecule has 0 radical (unpaired) electrons. The first-order chi connectivity index (χ1) is 15.7. The number of hydrogen-bond acceptors (Lipinski definition) is 7. The van der Waals surface area contributed by atoms with Gasteiger partial charge in [-0.2, -0.15) is 5.10 Å². The fourth-order valence-corrected chi connectivity index (χ4v) is 5.08. The first kappa shape index (κ1) is 19.2. The molecule has 0 spiro atoms. The molecule has 10 heteroatoms. The molecule has 1 saturated heterocycles. The lowest BCUT2D eigenvalue weighted by Crippen LogP contribution is -2.24. The standard InChI is InChI=1S/C22H17F2N7S/c23-13-5-6-16(24)14(11-13)18-4-2-9-30(18)19-7-10-31-20(27-19)15(12-26-31)21-28-29-22(32-21)17-3-1-8-25-17/h1,3,5-7,10-12,18H,2,4,8-9H2/t18-/m1/s1. The van der Waals surface area contributed by atoms with Gasteiger partial charge < -0.3 is 4.90 Å². The second-order valence-electron chi connectivity index (χ2n) is 7.67. The van der Waals surface area contributed by atoms with E-state index < -0.39 is 11.6 Å². The first-order valence-electron chi connectivity index (χ1n) is 10.3. The SMILES string of the molecule is Fc1ccc(F)c([C@H]2CCCN2c2ccn3ncc(-c4nnc(C5=NCC=C5)s4)c3n2)c1. The van der Waals surface area contributed by atoms with E-state index in [0.717, 1.165) is 35.2 Å². The van der Waals surface area contributed by atoms with Crippen molar-refractivity contribution in [3.63, 3.8) is 0 Å². The van der Waals surface area contributed by atoms with Gasteiger partial charge in [-0.15, -0.1) is 10.2 Å². The highest BCUT2D eigenvalue weighted by Gasteiger charge is 2.30. The summed E-state index contributed by atoms with van der Waals surface area (Å²) >= 11 is 1.44. The fraction of sp³-hybridized carbons (Fsp3) is 0.227. The zero-order valence-electron chi connectivity index (χ0n) is 16.8. The number of benzene rings is 1. The lowest BCUT2D eigenvalue weighted by molar-refractivity contribution is 0.560. The van der Waals surface area contributed by atoms with Gasteiger partial charge in [0, 0.05) is 18.3 Å². The topological polar surface area (TPSA) is 71.6 Å². The summed E-state index contributed by atoms with van der Waals surface area (Å²) in [4.78, 5) is 11.3. The Labute approximate surface area is 185 Å². The summed E-state index contributed by atoms with van der Waals surface area (Å²) in [5, 5.41) is 14.4. The number of halogens is 2. The predicted molar refractivity (Wildman–Crippen MR) is 118 cm³/mol. The summed E-state index contributed by atoms with van der Waals surface area (Å²) in [6.07, 6.45) is 9.06. The summed E-state index contributed by atoms with van der Waals surface area (Å²) < 4.78 is 30.0. The van der Waals surface area contributed by atoms with Gasteiger partial charge >= 0.3 is 0 Å². The van der Waals surface area contributed by atoms with Crippen LogP contribution >= 0.6 is 11.3 Å². The number of allylic oxidation sites excluding steroid dienone is 1. The summed E-state index contributed by atoms with van der Waals surface area (Å²) in [5.74, 6) is -0.151. The van der Waals surface area contributed by atoms with Gasteiger partial charge in [0.1, 0.15) is 17.5 Å². The van der Waals surface area contributed by atoms with Crippen LogP contribution in [0.3, 0.4) is 0 Å². The Balaban J connectivity index is 1.38. The van der Waals surface area contributed by atoms with Crippen molar-refractivity contribution in [3.8, 4) is 10.6 Å². The number of anilines is 1. The summed E-state index contributed by atoms with van der Waals surface area (Å²) in [7, 11) is 0. The molecule has 4 aromatic rings. The number of aromatic nitrogens is 5. The molecule has 1 aromatic carbocycles. The van der Waals surface area contributed by atoms with Gasteiger partial charge in [0.15, 0.2) is 15.7 Å². The number of aliphatic imine (C=N–C) groups is 1. The third-order valence-electron chi connectivity index (χ3n) is 5.74. The second kappa shape index (κ2) is 7.56. The molecule has 1 fully saturated rings. The third-order valence-corrected chi connectivity index (χ3v) is 6.71. The van der Waals surface area contributed by atoms with E-state index in [1.165, 1.54) is 23.5 Å². The normalized spacial score (nSPS) is 18.1. The number of nitrogens with zero attached hydrogens (tertiary/aromatic N) is 7. The predicted octanol–water partition coefficient (Wildman–Crippen LogP) is 4.23. The van der Waals surface area contributed by atoms with Crippen LogP contribution in [0.4, 0.5) is 14.6 Å². The third kappa shape index (κ3) is 3.18. The molecule has 0 amide bonds. The van der Waals surface area contributed by atoms with E-state index in [1.807, 2.05) is 29.3 Å². The van der Waals surface area contributed by atoms with Gasteiger partial charge in [-0.25, -0.2) is 18.3 Å². The Morgan fingerprint density at radius 2 is 2.00 bits per heavy atom. The molecule has 0 unspecified atom stereocenters. The molecule has 0 saturated carbocycles. The van der Waals surface area contributed by atoms with E-state index in [-0.39, 0.29) is 6.04 Å². The van der Waals surface area contributed by atoms with E-state index in [4.69, 9.17) is 4.98 Å². The van der Waals surface area contributed by atoms with Gasteiger partial charge in [-0.1, -0.05) is 17.4 Å². The van der Waals surface area contributed by atoms with E-state index >= 15 is 0 Å². The second-order valence-corrected chi connectivity index (χ2v) is 8.65. The molecular weight excluding hydrogens is 432 g/mol. The smallest absolute Gasteiger partial charge is 0.167 e. The van der Waals surface area contributed by atoms with Crippen molar-refractivity contribution in [2.24, 2.45) is 4.99 Å². The quantitative estimate of drug-likeness (QED) is 0.466. The van der Waals surface area contributed by atoms with Crippen LogP contribution < -0.4 is 4.90 Å². The van der Waals surface area contributed by atoms with Gasteiger partial charge in [-0.3, -0.25) is 4.99 Å². The fourth-order valence-electron chi connectivity index (χ4n) is 4.25. The van der Waals surface area contributed by atoms with Crippen LogP contribution in [0.1, 0.15) is 29.5 Å². The molecule has 5 heterocycles. The van der Waals surface area contributed by atoms with Gasteiger partial charge in [0.05, 0.1) is 30.1 Å². The van der Waals surface area contributed by atoms with Crippen molar-refractivity contribution in [2.45, 2.75) is 18.9 Å². The molecule has 32 heavy (non-hydrogen) atoms. The maximum absolute atomic E-state index is 14.5. The molecule has 3 aromatic heterocycles. The summed E-state index contributed by atoms with van der Waals surface area (Å²) in [5.41, 5.74) is 2.60. The average Bonchev–Trinajstić information content (AvgIpc) is 3.60. The Kier molecular flexibility index (Phi) is 4.53. The molecule has 6 rings (SSSR count). The van der Waals surface area contributed by atoms with Crippen molar-refractivity contribution in [3.05, 3.63) is 71.0 Å². The Morgan fingerprint density at radius 1 is 1.09 bits per heavy atom. The van der Waals surface area contributed by atoms with E-state index in [0.29, 0.717) is 35.1 Å². The highest BCUT2D eigenvalue weighted by molar-refractivity contribution is 7.16. The minimum atomic E-state index is -0.441. The first-order valence-corrected chi connectivity index (χ1v) is 11.1. The molecule has 160 valence electrons. The lowest BCUT2D eigenvalue weighted by atomic mass is 10.0. The van der Waals surface area contributed by atoms with Crippen molar-refractivity contribution in [2.75, 3.05) is 18.0 Å². The van der Waals surface area contributed by atoms with Crippen molar-refractivity contribution < 1.29 is 8.78 Å². The Morgan fingerprint density at radius 3 is 2.88 bits per heavy atom. The number of hydrogen-bond donors (Lipinski definition) is 0. The van der Waals surface area contributed by atoms with Crippen LogP contribution in [0, 0.1) is 11.6 Å². The Bertz CT molecular complexity index is 1390. The number of rotatable bonds is 4. The van der Waals surface area contributed by atoms with E-state index in [1.54, 1.807) is 10.7 Å². The minimum absolute atomic E-state index is 0.271. The average molecular weight is 449 g/mol. The van der Waals surface area contributed by atoms with Crippen LogP contribution in [-0.2, 0) is 0 Å². The van der Waals surface area contributed by atoms with Crippen LogP contribution in [0.5, 0.6) is 0 Å². The lowest BCUT2D eigenvalue weighted by Gasteiger charge is -2.26. The van der Waals surface area contributed by atoms with Crippen LogP contribution in [0.25, 0.3) is 16.2 Å². The largest absolute Gasteiger partial charge is 0.349 e. The molecule has 1 atom stereocenters. The highest BCUT2D eigenvalue weighted by atomic mass is 32.1. The minimum Gasteiger partial charge on any atom is -0.349 e. The van der Waals surface area contributed by atoms with E-state index in [2.05, 4.69) is 20.3 Å². The van der Waals surface area contributed by atoms with Crippen molar-refractivity contribution >= 4 is 28.5 Å². The monoisotopic (exact) mass is 449 g/mol. The molecule has 2 aliphatic heterocycles. The van der Waals surface area contributed by atoms with Crippen LogP contribution in [0.15, 0.2) is 53.8 Å². The zero-order chi connectivity index (χ0) is 21.7. The van der Waals surface area contributed by atoms with Gasteiger partial charge in [0.25, 0.3) is 0 Å². The van der Waals surface area contributed by atoms with Crippen molar-refractivity contribution in [1.29, 1.82) is 0 Å². The molecule has 0 aliphatic carbocycles. The maximum atomic E-state index is 14.5. The molecule has 7 nitrogen and oxygen atoms in total. The molecular formula is C22H17F2N7S. The van der Waals surface area contributed by atoms with Crippen molar-refractivity contribution in [1.82, 2.24) is 24.8 Å². The summed E-state index contributed by atoms with van der Waals surface area (Å²) in [6.45, 7) is 1.37. The number of fused-ring (bicyclic) bond motifs is 1. The van der Waals surface area contributed by atoms with Crippen LogP contribution in [0.2, 0.25) is 0 Å². The summed E-state index contributed by atoms with van der Waals surface area (Å²) in [6, 6.07) is 5.19. The van der Waals surface area contributed by atoms with E-state index in [9.17, 15) is 8.78 Å². The van der Waals surface area contributed by atoms with Crippen LogP contribution in [-0.4, -0.2) is 43.6 Å². The van der Waals surface area contributed by atoms with Gasteiger partial charge in [0.2, 0.25) is 0 Å². The zero-order valence-corrected chi connectivity index (χ0v) is 17.6. The maximum Gasteiger partial charge on any atom is 0.167 e. The molecule has 2 aliphatic rings. The Hall–Kier alpha value is -3.53. The molecule has 0 bridgehead atoms.